The zero-order valence-corrected chi connectivity index (χ0v) is 17.2. The van der Waals surface area contributed by atoms with E-state index in [1.165, 1.54) is 0 Å². The van der Waals surface area contributed by atoms with E-state index in [4.69, 9.17) is 4.74 Å². The molecule has 0 bridgehead atoms. The Hall–Kier alpha value is -2.86. The van der Waals surface area contributed by atoms with E-state index < -0.39 is 0 Å². The van der Waals surface area contributed by atoms with E-state index in [2.05, 4.69) is 22.0 Å². The highest BCUT2D eigenvalue weighted by Crippen LogP contribution is 2.29. The zero-order valence-electron chi connectivity index (χ0n) is 17.2. The molecular formula is C23H29N3O3. The third kappa shape index (κ3) is 5.57. The number of ether oxygens (including phenoxy) is 1. The van der Waals surface area contributed by atoms with Crippen LogP contribution in [-0.2, 0) is 16.0 Å². The van der Waals surface area contributed by atoms with Crippen molar-refractivity contribution in [2.24, 2.45) is 0 Å². The second-order valence-corrected chi connectivity index (χ2v) is 7.08. The molecule has 1 fully saturated rings. The van der Waals surface area contributed by atoms with Crippen molar-refractivity contribution in [2.45, 2.75) is 20.3 Å². The number of nitrogens with one attached hydrogen (secondary N) is 1. The molecule has 6 heteroatoms. The van der Waals surface area contributed by atoms with Gasteiger partial charge in [0.25, 0.3) is 0 Å². The van der Waals surface area contributed by atoms with Crippen LogP contribution < -0.4 is 10.2 Å². The number of likely N-dealkylation sites (N-methyl/N-ethyl adjacent to an activating group) is 1. The van der Waals surface area contributed by atoms with E-state index in [0.29, 0.717) is 17.9 Å². The second-order valence-electron chi connectivity index (χ2n) is 7.08. The molecule has 0 unspecified atom stereocenters. The van der Waals surface area contributed by atoms with Crippen molar-refractivity contribution in [2.75, 3.05) is 49.5 Å². The Balaban J connectivity index is 1.81. The number of carbonyl (C=O) groups excluding carboxylic acids is 2. The zero-order chi connectivity index (χ0) is 20.6. The van der Waals surface area contributed by atoms with Gasteiger partial charge in [-0.1, -0.05) is 37.3 Å². The summed E-state index contributed by atoms with van der Waals surface area (Å²) in [4.78, 5) is 29.5. The SMILES string of the molecule is CCOC(=O)c1ccc(N2CCN(CC)CC2)c(NC(=O)Cc2ccccc2)c1. The molecule has 1 aliphatic rings. The van der Waals surface area contributed by atoms with E-state index in [0.717, 1.165) is 44.0 Å². The van der Waals surface area contributed by atoms with Crippen LogP contribution in [-0.4, -0.2) is 56.1 Å². The molecular weight excluding hydrogens is 366 g/mol. The lowest BCUT2D eigenvalue weighted by Crippen LogP contribution is -2.46. The first kappa shape index (κ1) is 20.9. The van der Waals surface area contributed by atoms with Gasteiger partial charge in [0.15, 0.2) is 0 Å². The highest BCUT2D eigenvalue weighted by molar-refractivity contribution is 5.98. The first-order chi connectivity index (χ1) is 14.1. The van der Waals surface area contributed by atoms with Crippen LogP contribution in [0.25, 0.3) is 0 Å². The van der Waals surface area contributed by atoms with Gasteiger partial charge in [-0.15, -0.1) is 0 Å². The van der Waals surface area contributed by atoms with Crippen LogP contribution in [0.5, 0.6) is 0 Å². The number of amides is 1. The summed E-state index contributed by atoms with van der Waals surface area (Å²) in [7, 11) is 0. The van der Waals surface area contributed by atoms with Gasteiger partial charge >= 0.3 is 5.97 Å². The standard InChI is InChI=1S/C23H29N3O3/c1-3-25-12-14-26(15-13-25)21-11-10-19(23(28)29-4-2)17-20(21)24-22(27)16-18-8-6-5-7-9-18/h5-11,17H,3-4,12-16H2,1-2H3,(H,24,27). The highest BCUT2D eigenvalue weighted by atomic mass is 16.5. The fraction of sp³-hybridized carbons (Fsp3) is 0.391. The minimum atomic E-state index is -0.381. The van der Waals surface area contributed by atoms with E-state index >= 15 is 0 Å². The Morgan fingerprint density at radius 2 is 1.72 bits per heavy atom. The molecule has 3 rings (SSSR count). The van der Waals surface area contributed by atoms with Gasteiger partial charge in [-0.3, -0.25) is 4.79 Å². The molecule has 0 atom stereocenters. The van der Waals surface area contributed by atoms with Crippen LogP contribution in [0.1, 0.15) is 29.8 Å². The number of carbonyl (C=O) groups is 2. The van der Waals surface area contributed by atoms with E-state index in [9.17, 15) is 9.59 Å². The summed E-state index contributed by atoms with van der Waals surface area (Å²) in [5.41, 5.74) is 2.99. The van der Waals surface area contributed by atoms with Gasteiger partial charge in [-0.05, 0) is 37.2 Å². The molecule has 0 spiro atoms. The minimum absolute atomic E-state index is 0.106. The van der Waals surface area contributed by atoms with Gasteiger partial charge < -0.3 is 19.9 Å². The van der Waals surface area contributed by atoms with Crippen molar-refractivity contribution in [3.05, 3.63) is 59.7 Å². The number of benzene rings is 2. The van der Waals surface area contributed by atoms with Gasteiger partial charge in [-0.2, -0.15) is 0 Å². The number of hydrogen-bond acceptors (Lipinski definition) is 5. The Morgan fingerprint density at radius 3 is 2.38 bits per heavy atom. The van der Waals surface area contributed by atoms with Gasteiger partial charge in [0.2, 0.25) is 5.91 Å². The molecule has 29 heavy (non-hydrogen) atoms. The lowest BCUT2D eigenvalue weighted by molar-refractivity contribution is -0.115. The average molecular weight is 396 g/mol. The Morgan fingerprint density at radius 1 is 1.00 bits per heavy atom. The Bertz CT molecular complexity index is 831. The third-order valence-electron chi connectivity index (χ3n) is 5.15. The molecule has 6 nitrogen and oxygen atoms in total. The molecule has 1 amide bonds. The van der Waals surface area contributed by atoms with Crippen molar-refractivity contribution >= 4 is 23.3 Å². The van der Waals surface area contributed by atoms with Gasteiger partial charge in [0.05, 0.1) is 30.0 Å². The van der Waals surface area contributed by atoms with Crippen LogP contribution in [0.15, 0.2) is 48.5 Å². The topological polar surface area (TPSA) is 61.9 Å². The van der Waals surface area contributed by atoms with Crippen molar-refractivity contribution in [1.82, 2.24) is 4.90 Å². The van der Waals surface area contributed by atoms with Gasteiger partial charge in [-0.25, -0.2) is 4.79 Å². The lowest BCUT2D eigenvalue weighted by Gasteiger charge is -2.36. The smallest absolute Gasteiger partial charge is 0.338 e. The highest BCUT2D eigenvalue weighted by Gasteiger charge is 2.21. The molecule has 0 radical (unpaired) electrons. The minimum Gasteiger partial charge on any atom is -0.462 e. The second kappa shape index (κ2) is 10.1. The summed E-state index contributed by atoms with van der Waals surface area (Å²) in [6.07, 6.45) is 0.285. The van der Waals surface area contributed by atoms with E-state index in [1.807, 2.05) is 36.4 Å². The van der Waals surface area contributed by atoms with Crippen molar-refractivity contribution in [3.8, 4) is 0 Å². The van der Waals surface area contributed by atoms with E-state index in [1.54, 1.807) is 19.1 Å². The summed E-state index contributed by atoms with van der Waals surface area (Å²) in [6.45, 7) is 9.02. The van der Waals surface area contributed by atoms with Crippen LogP contribution in [0.2, 0.25) is 0 Å². The summed E-state index contributed by atoms with van der Waals surface area (Å²) in [5, 5.41) is 3.02. The first-order valence-corrected chi connectivity index (χ1v) is 10.2. The van der Waals surface area contributed by atoms with Crippen LogP contribution in [0, 0.1) is 0 Å². The normalized spacial score (nSPS) is 14.5. The molecule has 0 aromatic heterocycles. The molecule has 1 saturated heterocycles. The maximum atomic E-state index is 12.7. The number of hydrogen-bond donors (Lipinski definition) is 1. The Kier molecular flexibility index (Phi) is 7.25. The fourth-order valence-electron chi connectivity index (χ4n) is 3.53. The maximum Gasteiger partial charge on any atom is 0.338 e. The predicted octanol–water partition coefficient (Wildman–Crippen LogP) is 3.19. The lowest BCUT2D eigenvalue weighted by atomic mass is 10.1. The molecule has 2 aromatic carbocycles. The number of esters is 1. The summed E-state index contributed by atoms with van der Waals surface area (Å²) < 4.78 is 5.13. The summed E-state index contributed by atoms with van der Waals surface area (Å²) in [6, 6.07) is 15.0. The van der Waals surface area contributed by atoms with Gasteiger partial charge in [0.1, 0.15) is 0 Å². The predicted molar refractivity (Wildman–Crippen MR) is 116 cm³/mol. The molecule has 0 aliphatic carbocycles. The fourth-order valence-corrected chi connectivity index (χ4v) is 3.53. The molecule has 2 aromatic rings. The van der Waals surface area contributed by atoms with Crippen molar-refractivity contribution < 1.29 is 14.3 Å². The summed E-state index contributed by atoms with van der Waals surface area (Å²) >= 11 is 0. The molecule has 154 valence electrons. The molecule has 1 heterocycles. The molecule has 1 aliphatic heterocycles. The van der Waals surface area contributed by atoms with E-state index in [-0.39, 0.29) is 18.3 Å². The van der Waals surface area contributed by atoms with Gasteiger partial charge in [0, 0.05) is 26.2 Å². The number of nitrogens with zero attached hydrogens (tertiary/aromatic N) is 2. The Labute approximate surface area is 172 Å². The molecule has 0 saturated carbocycles. The van der Waals surface area contributed by atoms with Crippen LogP contribution in [0.4, 0.5) is 11.4 Å². The largest absolute Gasteiger partial charge is 0.462 e. The first-order valence-electron chi connectivity index (χ1n) is 10.2. The number of rotatable bonds is 7. The quantitative estimate of drug-likeness (QED) is 0.730. The van der Waals surface area contributed by atoms with Crippen LogP contribution >= 0.6 is 0 Å². The maximum absolute atomic E-state index is 12.7. The van der Waals surface area contributed by atoms with Crippen LogP contribution in [0.3, 0.4) is 0 Å². The summed E-state index contributed by atoms with van der Waals surface area (Å²) in [5.74, 6) is -0.487. The number of piperazine rings is 1. The monoisotopic (exact) mass is 395 g/mol. The van der Waals surface area contributed by atoms with Crippen molar-refractivity contribution in [1.29, 1.82) is 0 Å². The third-order valence-corrected chi connectivity index (χ3v) is 5.15. The number of anilines is 2. The average Bonchev–Trinajstić information content (AvgIpc) is 2.74. The van der Waals surface area contributed by atoms with Crippen molar-refractivity contribution in [3.63, 3.8) is 0 Å². The molecule has 1 N–H and O–H groups in total.